The Morgan fingerprint density at radius 1 is 1.06 bits per heavy atom. The van der Waals surface area contributed by atoms with Gasteiger partial charge < -0.3 is 29.6 Å². The average Bonchev–Trinajstić information content (AvgIpc) is 2.80. The van der Waals surface area contributed by atoms with E-state index in [1.165, 1.54) is 14.2 Å². The van der Waals surface area contributed by atoms with E-state index in [1.807, 2.05) is 37.3 Å². The Hall–Kier alpha value is -3.68. The van der Waals surface area contributed by atoms with Crippen LogP contribution in [0.5, 0.6) is 17.2 Å². The fraction of sp³-hybridized carbons (Fsp3) is 0.333. The minimum Gasteiger partial charge on any atom is -0.493 e. The number of carbonyl (C=O) groups is 2. The zero-order valence-corrected chi connectivity index (χ0v) is 18.7. The summed E-state index contributed by atoms with van der Waals surface area (Å²) < 4.78 is 22.4. The summed E-state index contributed by atoms with van der Waals surface area (Å²) in [5, 5.41) is 5.42. The Kier molecular flexibility index (Phi) is 7.59. The maximum atomic E-state index is 12.7. The van der Waals surface area contributed by atoms with Gasteiger partial charge in [0, 0.05) is 5.70 Å². The molecule has 0 radical (unpaired) electrons. The number of ether oxygens (including phenoxy) is 4. The molecule has 0 bridgehead atoms. The van der Waals surface area contributed by atoms with Crippen LogP contribution in [-0.4, -0.2) is 32.8 Å². The monoisotopic (exact) mass is 440 g/mol. The highest BCUT2D eigenvalue weighted by molar-refractivity contribution is 5.95. The van der Waals surface area contributed by atoms with Crippen molar-refractivity contribution in [2.75, 3.05) is 20.8 Å². The summed E-state index contributed by atoms with van der Waals surface area (Å²) in [5.41, 5.74) is 2.34. The van der Waals surface area contributed by atoms with Crippen molar-refractivity contribution in [3.8, 4) is 17.2 Å². The highest BCUT2D eigenvalue weighted by Crippen LogP contribution is 2.42. The van der Waals surface area contributed by atoms with Crippen LogP contribution in [0.3, 0.4) is 0 Å². The van der Waals surface area contributed by atoms with Crippen LogP contribution in [0.25, 0.3) is 0 Å². The lowest BCUT2D eigenvalue weighted by molar-refractivity contribution is -0.139. The van der Waals surface area contributed by atoms with Crippen LogP contribution in [0.2, 0.25) is 0 Å². The number of rotatable bonds is 9. The van der Waals surface area contributed by atoms with Gasteiger partial charge in [0.2, 0.25) is 5.75 Å². The lowest BCUT2D eigenvalue weighted by Gasteiger charge is -2.29. The van der Waals surface area contributed by atoms with Crippen LogP contribution >= 0.6 is 0 Å². The van der Waals surface area contributed by atoms with Crippen molar-refractivity contribution in [3.05, 3.63) is 64.9 Å². The molecule has 8 heteroatoms. The minimum atomic E-state index is -0.737. The van der Waals surface area contributed by atoms with Crippen molar-refractivity contribution in [1.82, 2.24) is 10.6 Å². The Morgan fingerprint density at radius 3 is 2.31 bits per heavy atom. The van der Waals surface area contributed by atoms with E-state index in [2.05, 4.69) is 10.6 Å². The van der Waals surface area contributed by atoms with Gasteiger partial charge >= 0.3 is 12.0 Å². The van der Waals surface area contributed by atoms with Crippen molar-refractivity contribution in [2.24, 2.45) is 0 Å². The molecule has 1 aliphatic heterocycles. The van der Waals surface area contributed by atoms with Gasteiger partial charge in [-0.05, 0) is 36.6 Å². The maximum Gasteiger partial charge on any atom is 0.338 e. The first-order chi connectivity index (χ1) is 15.5. The molecule has 2 aromatic carbocycles. The summed E-state index contributed by atoms with van der Waals surface area (Å²) in [6.45, 7) is 4.19. The number of esters is 1. The third-order valence-electron chi connectivity index (χ3n) is 4.97. The number of carbonyl (C=O) groups excluding carboxylic acids is 2. The molecular weight excluding hydrogens is 412 g/mol. The molecule has 0 spiro atoms. The molecule has 1 aliphatic rings. The van der Waals surface area contributed by atoms with Crippen molar-refractivity contribution in [3.63, 3.8) is 0 Å². The highest BCUT2D eigenvalue weighted by atomic mass is 16.5. The summed E-state index contributed by atoms with van der Waals surface area (Å²) in [6.07, 6.45) is 0.692. The quantitative estimate of drug-likeness (QED) is 0.575. The van der Waals surface area contributed by atoms with Gasteiger partial charge in [0.15, 0.2) is 11.5 Å². The van der Waals surface area contributed by atoms with E-state index >= 15 is 0 Å². The molecule has 2 amide bonds. The Labute approximate surface area is 187 Å². The number of hydrogen-bond acceptors (Lipinski definition) is 6. The molecule has 32 heavy (non-hydrogen) atoms. The lowest BCUT2D eigenvalue weighted by atomic mass is 9.95. The molecule has 0 saturated carbocycles. The van der Waals surface area contributed by atoms with Crippen molar-refractivity contribution < 1.29 is 28.5 Å². The first-order valence-electron chi connectivity index (χ1n) is 10.4. The largest absolute Gasteiger partial charge is 0.493 e. The fourth-order valence-electron chi connectivity index (χ4n) is 3.43. The number of allylic oxidation sites excluding steroid dienone is 1. The second-order valence-electron chi connectivity index (χ2n) is 7.23. The van der Waals surface area contributed by atoms with E-state index in [0.29, 0.717) is 47.1 Å². The molecule has 3 rings (SSSR count). The molecule has 2 N–H and O–H groups in total. The third-order valence-corrected chi connectivity index (χ3v) is 4.97. The van der Waals surface area contributed by atoms with E-state index in [1.54, 1.807) is 19.1 Å². The second kappa shape index (κ2) is 10.6. The van der Waals surface area contributed by atoms with E-state index in [-0.39, 0.29) is 6.61 Å². The van der Waals surface area contributed by atoms with Gasteiger partial charge in [0.1, 0.15) is 6.61 Å². The van der Waals surface area contributed by atoms with Crippen LogP contribution < -0.4 is 24.8 Å². The first-order valence-corrected chi connectivity index (χ1v) is 10.4. The van der Waals surface area contributed by atoms with Crippen molar-refractivity contribution in [2.45, 2.75) is 32.9 Å². The highest BCUT2D eigenvalue weighted by Gasteiger charge is 2.33. The zero-order valence-electron chi connectivity index (χ0n) is 18.7. The van der Waals surface area contributed by atoms with Gasteiger partial charge in [-0.1, -0.05) is 37.3 Å². The number of benzene rings is 2. The SMILES string of the molecule is CCCOC(=O)C1=C(C)NC(=O)NC1c1cc(OC)c(OCc2ccccc2)c(OC)c1. The van der Waals surface area contributed by atoms with E-state index in [4.69, 9.17) is 18.9 Å². The average molecular weight is 440 g/mol. The predicted octanol–water partition coefficient (Wildman–Crippen LogP) is 3.86. The Morgan fingerprint density at radius 2 is 1.72 bits per heavy atom. The number of hydrogen-bond donors (Lipinski definition) is 2. The number of urea groups is 1. The number of methoxy groups -OCH3 is 2. The summed E-state index contributed by atoms with van der Waals surface area (Å²) >= 11 is 0. The number of amides is 2. The lowest BCUT2D eigenvalue weighted by Crippen LogP contribution is -2.45. The zero-order chi connectivity index (χ0) is 23.1. The molecule has 2 aromatic rings. The molecule has 1 heterocycles. The summed E-state index contributed by atoms with van der Waals surface area (Å²) in [6, 6.07) is 12.0. The second-order valence-corrected chi connectivity index (χ2v) is 7.23. The van der Waals surface area contributed by atoms with Crippen LogP contribution in [-0.2, 0) is 16.1 Å². The molecule has 0 aliphatic carbocycles. The topological polar surface area (TPSA) is 95.1 Å². The van der Waals surface area contributed by atoms with Gasteiger partial charge in [0.05, 0.1) is 32.4 Å². The Bertz CT molecular complexity index is 978. The van der Waals surface area contributed by atoms with E-state index in [9.17, 15) is 9.59 Å². The predicted molar refractivity (Wildman–Crippen MR) is 119 cm³/mol. The fourth-order valence-corrected chi connectivity index (χ4v) is 3.43. The van der Waals surface area contributed by atoms with Crippen molar-refractivity contribution in [1.29, 1.82) is 0 Å². The standard InChI is InChI=1S/C24H28N2O6/c1-5-11-31-23(27)20-15(2)25-24(28)26-21(20)17-12-18(29-3)22(19(13-17)30-4)32-14-16-9-7-6-8-10-16/h6-10,12-13,21H,5,11,14H2,1-4H3,(H2,25,26,28). The van der Waals surface area contributed by atoms with Gasteiger partial charge in [-0.15, -0.1) is 0 Å². The molecule has 0 fully saturated rings. The molecule has 170 valence electrons. The third kappa shape index (κ3) is 5.14. The minimum absolute atomic E-state index is 0.287. The van der Waals surface area contributed by atoms with Crippen molar-refractivity contribution >= 4 is 12.0 Å². The van der Waals surface area contributed by atoms with Gasteiger partial charge in [-0.25, -0.2) is 9.59 Å². The van der Waals surface area contributed by atoms with Crippen LogP contribution in [0.4, 0.5) is 4.79 Å². The normalized spacial score (nSPS) is 15.5. The summed E-state index contributed by atoms with van der Waals surface area (Å²) in [5.74, 6) is 0.770. The molecule has 1 unspecified atom stereocenters. The van der Waals surface area contributed by atoms with Gasteiger partial charge in [-0.2, -0.15) is 0 Å². The summed E-state index contributed by atoms with van der Waals surface area (Å²) in [7, 11) is 3.04. The van der Waals surface area contributed by atoms with E-state index in [0.717, 1.165) is 5.56 Å². The molecular formula is C24H28N2O6. The van der Waals surface area contributed by atoms with Crippen LogP contribution in [0.1, 0.15) is 37.4 Å². The summed E-state index contributed by atoms with van der Waals surface area (Å²) in [4.78, 5) is 24.9. The smallest absolute Gasteiger partial charge is 0.338 e. The molecule has 0 saturated heterocycles. The number of nitrogens with one attached hydrogen (secondary N) is 2. The van der Waals surface area contributed by atoms with Crippen LogP contribution in [0, 0.1) is 0 Å². The molecule has 1 atom stereocenters. The molecule has 0 aromatic heterocycles. The van der Waals surface area contributed by atoms with E-state index < -0.39 is 18.0 Å². The van der Waals surface area contributed by atoms with Crippen LogP contribution in [0.15, 0.2) is 53.7 Å². The Balaban J connectivity index is 1.98. The molecule has 8 nitrogen and oxygen atoms in total. The first kappa shape index (κ1) is 23.0. The maximum absolute atomic E-state index is 12.7. The van der Waals surface area contributed by atoms with Gasteiger partial charge in [-0.3, -0.25) is 0 Å². The van der Waals surface area contributed by atoms with Gasteiger partial charge in [0.25, 0.3) is 0 Å².